The number of ether oxygens (including phenoxy) is 1. The lowest BCUT2D eigenvalue weighted by atomic mass is 9.96. The topological polar surface area (TPSA) is 58.6 Å². The maximum absolute atomic E-state index is 12.9. The first-order valence-electron chi connectivity index (χ1n) is 7.53. The number of anilines is 1. The maximum Gasteiger partial charge on any atom is 0.278 e. The summed E-state index contributed by atoms with van der Waals surface area (Å²) >= 11 is 5.92. The number of amides is 2. The minimum Gasteiger partial charge on any atom is -0.466 e. The Hall–Kier alpha value is -1.75. The van der Waals surface area contributed by atoms with Gasteiger partial charge in [0.2, 0.25) is 0 Å². The zero-order chi connectivity index (χ0) is 15.9. The summed E-state index contributed by atoms with van der Waals surface area (Å²) in [5.41, 5.74) is -1.04. The molecule has 6 heteroatoms. The molecule has 2 aliphatic rings. The molecule has 1 saturated heterocycles. The van der Waals surface area contributed by atoms with Gasteiger partial charge in [0, 0.05) is 17.6 Å². The molecule has 2 unspecified atom stereocenters. The van der Waals surface area contributed by atoms with Gasteiger partial charge in [0.1, 0.15) is 5.75 Å². The molecule has 0 spiro atoms. The van der Waals surface area contributed by atoms with Gasteiger partial charge in [-0.1, -0.05) is 11.6 Å². The van der Waals surface area contributed by atoms with Gasteiger partial charge >= 0.3 is 0 Å². The van der Waals surface area contributed by atoms with E-state index in [2.05, 4.69) is 5.32 Å². The van der Waals surface area contributed by atoms with Crippen LogP contribution in [0.2, 0.25) is 5.02 Å². The van der Waals surface area contributed by atoms with Crippen LogP contribution in [0.25, 0.3) is 0 Å². The normalized spacial score (nSPS) is 27.7. The number of halogens is 1. The number of likely N-dealkylation sites (tertiary alicyclic amines) is 1. The van der Waals surface area contributed by atoms with Crippen LogP contribution in [0, 0.1) is 0 Å². The number of nitrogens with one attached hydrogen (secondary N) is 1. The number of piperidine rings is 1. The average molecular weight is 323 g/mol. The Morgan fingerprint density at radius 1 is 1.45 bits per heavy atom. The van der Waals surface area contributed by atoms with Crippen molar-refractivity contribution in [2.75, 3.05) is 11.9 Å². The van der Waals surface area contributed by atoms with Crippen LogP contribution in [0.1, 0.15) is 33.1 Å². The Balaban J connectivity index is 1.90. The molecule has 0 saturated carbocycles. The molecule has 0 aliphatic carbocycles. The third-order valence-electron chi connectivity index (χ3n) is 4.41. The number of hydrogen-bond acceptors (Lipinski definition) is 3. The van der Waals surface area contributed by atoms with Crippen LogP contribution in [0.3, 0.4) is 0 Å². The molecule has 1 aromatic rings. The highest BCUT2D eigenvalue weighted by atomic mass is 35.5. The quantitative estimate of drug-likeness (QED) is 0.809. The van der Waals surface area contributed by atoms with Crippen LogP contribution in [0.4, 0.5) is 5.69 Å². The second-order valence-corrected chi connectivity index (χ2v) is 6.51. The van der Waals surface area contributed by atoms with Crippen molar-refractivity contribution in [2.24, 2.45) is 0 Å². The number of nitrogens with zero attached hydrogens (tertiary/aromatic N) is 1. The van der Waals surface area contributed by atoms with Crippen molar-refractivity contribution in [3.8, 4) is 5.75 Å². The summed E-state index contributed by atoms with van der Waals surface area (Å²) in [6, 6.07) is 5.08. The Labute approximate surface area is 134 Å². The molecule has 5 nitrogen and oxygen atoms in total. The van der Waals surface area contributed by atoms with Gasteiger partial charge in [0.15, 0.2) is 0 Å². The summed E-state index contributed by atoms with van der Waals surface area (Å²) in [4.78, 5) is 27.1. The van der Waals surface area contributed by atoms with E-state index in [-0.39, 0.29) is 11.9 Å². The lowest BCUT2D eigenvalue weighted by molar-refractivity contribution is -0.157. The SMILES string of the molecule is CC1CCCCN1C(=O)C1(C)Oc2ccc(Cl)cc2NC1=O. The zero-order valence-electron chi connectivity index (χ0n) is 12.7. The monoisotopic (exact) mass is 322 g/mol. The van der Waals surface area contributed by atoms with Gasteiger partial charge in [-0.3, -0.25) is 9.59 Å². The number of rotatable bonds is 1. The van der Waals surface area contributed by atoms with Gasteiger partial charge in [-0.15, -0.1) is 0 Å². The maximum atomic E-state index is 12.9. The molecular weight excluding hydrogens is 304 g/mol. The second kappa shape index (κ2) is 5.47. The van der Waals surface area contributed by atoms with Crippen LogP contribution < -0.4 is 10.1 Å². The average Bonchev–Trinajstić information content (AvgIpc) is 2.49. The van der Waals surface area contributed by atoms with Gasteiger partial charge in [-0.2, -0.15) is 0 Å². The van der Waals surface area contributed by atoms with Crippen LogP contribution in [-0.4, -0.2) is 34.9 Å². The number of carbonyl (C=O) groups excluding carboxylic acids is 2. The van der Waals surface area contributed by atoms with Crippen molar-refractivity contribution in [1.82, 2.24) is 4.90 Å². The van der Waals surface area contributed by atoms with E-state index >= 15 is 0 Å². The largest absolute Gasteiger partial charge is 0.466 e. The molecule has 22 heavy (non-hydrogen) atoms. The van der Waals surface area contributed by atoms with E-state index in [0.29, 0.717) is 23.0 Å². The third-order valence-corrected chi connectivity index (χ3v) is 4.64. The molecule has 1 aromatic carbocycles. The van der Waals surface area contributed by atoms with Gasteiger partial charge < -0.3 is 15.0 Å². The number of hydrogen-bond donors (Lipinski definition) is 1. The zero-order valence-corrected chi connectivity index (χ0v) is 13.4. The molecule has 3 rings (SSSR count). The van der Waals surface area contributed by atoms with Gasteiger partial charge in [0.25, 0.3) is 17.4 Å². The Morgan fingerprint density at radius 3 is 2.95 bits per heavy atom. The van der Waals surface area contributed by atoms with Crippen LogP contribution in [0.15, 0.2) is 18.2 Å². The lowest BCUT2D eigenvalue weighted by Gasteiger charge is -2.41. The summed E-state index contributed by atoms with van der Waals surface area (Å²) in [6.45, 7) is 4.21. The van der Waals surface area contributed by atoms with Crippen molar-refractivity contribution in [1.29, 1.82) is 0 Å². The fraction of sp³-hybridized carbons (Fsp3) is 0.500. The predicted molar refractivity (Wildman–Crippen MR) is 84.1 cm³/mol. The van der Waals surface area contributed by atoms with Crippen molar-refractivity contribution in [3.63, 3.8) is 0 Å². The summed E-state index contributed by atoms with van der Waals surface area (Å²) in [5, 5.41) is 3.23. The Morgan fingerprint density at radius 2 is 2.23 bits per heavy atom. The highest BCUT2D eigenvalue weighted by Crippen LogP contribution is 2.36. The summed E-state index contributed by atoms with van der Waals surface area (Å²) in [5.74, 6) is -0.271. The first-order chi connectivity index (χ1) is 10.4. The molecular formula is C16H19ClN2O3. The summed E-state index contributed by atoms with van der Waals surface area (Å²) in [7, 11) is 0. The van der Waals surface area contributed by atoms with E-state index < -0.39 is 11.5 Å². The first-order valence-corrected chi connectivity index (χ1v) is 7.91. The molecule has 0 aromatic heterocycles. The highest BCUT2D eigenvalue weighted by molar-refractivity contribution is 6.31. The fourth-order valence-corrected chi connectivity index (χ4v) is 3.18. The summed E-state index contributed by atoms with van der Waals surface area (Å²) < 4.78 is 5.79. The Bertz CT molecular complexity index is 634. The van der Waals surface area contributed by atoms with Crippen LogP contribution in [0.5, 0.6) is 5.75 Å². The minimum atomic E-state index is -1.54. The Kier molecular flexibility index (Phi) is 3.77. The molecule has 2 aliphatic heterocycles. The molecule has 1 N–H and O–H groups in total. The lowest BCUT2D eigenvalue weighted by Crippen LogP contribution is -2.61. The van der Waals surface area contributed by atoms with E-state index in [1.54, 1.807) is 23.1 Å². The van der Waals surface area contributed by atoms with Crippen molar-refractivity contribution >= 4 is 29.1 Å². The second-order valence-electron chi connectivity index (χ2n) is 6.07. The number of benzene rings is 1. The van der Waals surface area contributed by atoms with Crippen LogP contribution >= 0.6 is 11.6 Å². The molecule has 1 fully saturated rings. The summed E-state index contributed by atoms with van der Waals surface area (Å²) in [6.07, 6.45) is 3.02. The van der Waals surface area contributed by atoms with Crippen molar-refractivity contribution in [3.05, 3.63) is 23.2 Å². The molecule has 2 atom stereocenters. The first kappa shape index (κ1) is 15.2. The van der Waals surface area contributed by atoms with E-state index in [1.165, 1.54) is 6.92 Å². The van der Waals surface area contributed by atoms with Crippen LogP contribution in [-0.2, 0) is 9.59 Å². The van der Waals surface area contributed by atoms with E-state index in [9.17, 15) is 9.59 Å². The van der Waals surface area contributed by atoms with E-state index in [0.717, 1.165) is 19.3 Å². The van der Waals surface area contributed by atoms with E-state index in [4.69, 9.17) is 16.3 Å². The smallest absolute Gasteiger partial charge is 0.278 e. The molecule has 118 valence electrons. The fourth-order valence-electron chi connectivity index (χ4n) is 3.01. The standard InChI is InChI=1S/C16H19ClN2O3/c1-10-5-3-4-8-19(10)15(21)16(2)14(20)18-12-9-11(17)6-7-13(12)22-16/h6-7,9-10H,3-5,8H2,1-2H3,(H,18,20). The minimum absolute atomic E-state index is 0.126. The molecule has 0 radical (unpaired) electrons. The van der Waals surface area contributed by atoms with E-state index in [1.807, 2.05) is 6.92 Å². The predicted octanol–water partition coefficient (Wildman–Crippen LogP) is 2.83. The van der Waals surface area contributed by atoms with Gasteiger partial charge in [-0.05, 0) is 51.3 Å². The third kappa shape index (κ3) is 2.43. The van der Waals surface area contributed by atoms with Crippen molar-refractivity contribution in [2.45, 2.75) is 44.8 Å². The van der Waals surface area contributed by atoms with Crippen molar-refractivity contribution < 1.29 is 14.3 Å². The van der Waals surface area contributed by atoms with Gasteiger partial charge in [-0.25, -0.2) is 0 Å². The van der Waals surface area contributed by atoms with Gasteiger partial charge in [0.05, 0.1) is 5.69 Å². The molecule has 2 amide bonds. The molecule has 2 heterocycles. The number of fused-ring (bicyclic) bond motifs is 1. The molecule has 0 bridgehead atoms. The number of carbonyl (C=O) groups is 2. The highest BCUT2D eigenvalue weighted by Gasteiger charge is 2.50.